The summed E-state index contributed by atoms with van der Waals surface area (Å²) in [6.07, 6.45) is 3.88. The number of carbonyl (C=O) groups is 1. The van der Waals surface area contributed by atoms with Crippen LogP contribution in [-0.2, 0) is 4.74 Å². The first-order valence-electron chi connectivity index (χ1n) is 8.39. The van der Waals surface area contributed by atoms with E-state index in [9.17, 15) is 9.18 Å². The number of furan rings is 1. The number of nitrogens with zero attached hydrogens (tertiary/aromatic N) is 2. The van der Waals surface area contributed by atoms with Crippen LogP contribution in [0.5, 0.6) is 5.88 Å². The number of halogens is 1. The van der Waals surface area contributed by atoms with E-state index in [0.29, 0.717) is 24.5 Å². The molecule has 0 radical (unpaired) electrons. The minimum absolute atomic E-state index is 0.0539. The molecule has 6 nitrogen and oxygen atoms in total. The summed E-state index contributed by atoms with van der Waals surface area (Å²) in [6, 6.07) is 4.30. The molecule has 2 aromatic rings. The Morgan fingerprint density at radius 2 is 2.28 bits per heavy atom. The fourth-order valence-electron chi connectivity index (χ4n) is 3.65. The molecule has 25 heavy (non-hydrogen) atoms. The monoisotopic (exact) mass is 346 g/mol. The molecule has 7 heteroatoms. The van der Waals surface area contributed by atoms with E-state index < -0.39 is 11.9 Å². The summed E-state index contributed by atoms with van der Waals surface area (Å²) in [6.45, 7) is 2.65. The van der Waals surface area contributed by atoms with Crippen LogP contribution in [-0.4, -0.2) is 47.2 Å². The van der Waals surface area contributed by atoms with Gasteiger partial charge in [0.2, 0.25) is 0 Å². The number of hydrogen-bond acceptors (Lipinski definition) is 5. The summed E-state index contributed by atoms with van der Waals surface area (Å²) in [4.78, 5) is 18.7. The summed E-state index contributed by atoms with van der Waals surface area (Å²) in [5.41, 5.74) is 0.535. The third-order valence-electron chi connectivity index (χ3n) is 4.88. The van der Waals surface area contributed by atoms with Crippen molar-refractivity contribution in [3.05, 3.63) is 47.8 Å². The fourth-order valence-corrected chi connectivity index (χ4v) is 3.65. The van der Waals surface area contributed by atoms with Crippen molar-refractivity contribution in [3.63, 3.8) is 0 Å². The third kappa shape index (κ3) is 2.89. The van der Waals surface area contributed by atoms with Crippen molar-refractivity contribution in [3.8, 4) is 5.88 Å². The molecule has 1 aliphatic heterocycles. The summed E-state index contributed by atoms with van der Waals surface area (Å²) in [5, 5.41) is 0. The number of fused-ring (bicyclic) bond motifs is 2. The van der Waals surface area contributed by atoms with E-state index in [4.69, 9.17) is 13.9 Å². The normalized spacial score (nSPS) is 25.7. The van der Waals surface area contributed by atoms with Crippen LogP contribution in [0.25, 0.3) is 0 Å². The number of pyridine rings is 1. The van der Waals surface area contributed by atoms with E-state index in [-0.39, 0.29) is 23.9 Å². The predicted molar refractivity (Wildman–Crippen MR) is 85.9 cm³/mol. The summed E-state index contributed by atoms with van der Waals surface area (Å²) < 4.78 is 30.9. The molecular weight excluding hydrogens is 327 g/mol. The first-order chi connectivity index (χ1) is 12.1. The minimum atomic E-state index is -0.519. The first-order valence-corrected chi connectivity index (χ1v) is 8.39. The smallest absolute Gasteiger partial charge is 0.257 e. The SMILES string of the molecule is Cc1occc1C(=O)N1CCO[C@H]2CC[C@H]1[C@@H]2Oc1ncccc1F. The van der Waals surface area contributed by atoms with Gasteiger partial charge in [0, 0.05) is 12.7 Å². The Morgan fingerprint density at radius 3 is 3.04 bits per heavy atom. The number of carbonyl (C=O) groups excluding carboxylic acids is 1. The molecule has 0 unspecified atom stereocenters. The Kier molecular flexibility index (Phi) is 4.17. The number of rotatable bonds is 3. The lowest BCUT2D eigenvalue weighted by molar-refractivity contribution is 0.000307. The highest BCUT2D eigenvalue weighted by atomic mass is 19.1. The van der Waals surface area contributed by atoms with Crippen molar-refractivity contribution in [1.82, 2.24) is 9.88 Å². The average Bonchev–Trinajstić information content (AvgIpc) is 3.13. The molecule has 4 rings (SSSR count). The molecule has 1 aliphatic carbocycles. The zero-order valence-electron chi connectivity index (χ0n) is 13.9. The van der Waals surface area contributed by atoms with Gasteiger partial charge in [-0.1, -0.05) is 0 Å². The maximum Gasteiger partial charge on any atom is 0.257 e. The molecule has 0 N–H and O–H groups in total. The Morgan fingerprint density at radius 1 is 1.40 bits per heavy atom. The molecular formula is C18H19FN2O4. The van der Waals surface area contributed by atoms with Crippen molar-refractivity contribution >= 4 is 5.91 Å². The lowest BCUT2D eigenvalue weighted by atomic mass is 10.1. The molecule has 2 aliphatic rings. The summed E-state index contributed by atoms with van der Waals surface area (Å²) in [7, 11) is 0. The zero-order chi connectivity index (χ0) is 17.4. The van der Waals surface area contributed by atoms with Gasteiger partial charge in [0.15, 0.2) is 5.82 Å². The molecule has 3 atom stereocenters. The summed E-state index contributed by atoms with van der Waals surface area (Å²) >= 11 is 0. The molecule has 132 valence electrons. The van der Waals surface area contributed by atoms with E-state index in [1.807, 2.05) is 0 Å². The number of hydrogen-bond donors (Lipinski definition) is 0. The number of aryl methyl sites for hydroxylation is 1. The zero-order valence-corrected chi connectivity index (χ0v) is 13.9. The van der Waals surface area contributed by atoms with Gasteiger partial charge < -0.3 is 18.8 Å². The minimum Gasteiger partial charge on any atom is -0.469 e. The van der Waals surface area contributed by atoms with E-state index in [1.165, 1.54) is 24.6 Å². The summed E-state index contributed by atoms with van der Waals surface area (Å²) in [5.74, 6) is -0.105. The molecule has 0 spiro atoms. The first kappa shape index (κ1) is 16.1. The molecule has 2 aromatic heterocycles. The fraction of sp³-hybridized carbons (Fsp3) is 0.444. The molecule has 1 saturated heterocycles. The van der Waals surface area contributed by atoms with Gasteiger partial charge in [0.1, 0.15) is 11.9 Å². The number of amides is 1. The highest BCUT2D eigenvalue weighted by molar-refractivity contribution is 5.95. The second kappa shape index (κ2) is 6.48. The largest absolute Gasteiger partial charge is 0.469 e. The van der Waals surface area contributed by atoms with Crippen LogP contribution in [0.4, 0.5) is 4.39 Å². The Labute approximate surface area is 144 Å². The van der Waals surface area contributed by atoms with Crippen LogP contribution in [0.1, 0.15) is 29.0 Å². The highest BCUT2D eigenvalue weighted by Crippen LogP contribution is 2.34. The highest BCUT2D eigenvalue weighted by Gasteiger charge is 2.46. The Hall–Kier alpha value is -2.41. The quantitative estimate of drug-likeness (QED) is 0.855. The second-order valence-corrected chi connectivity index (χ2v) is 6.32. The molecule has 3 heterocycles. The van der Waals surface area contributed by atoms with Gasteiger partial charge in [-0.2, -0.15) is 0 Å². The van der Waals surface area contributed by atoms with E-state index >= 15 is 0 Å². The van der Waals surface area contributed by atoms with Crippen molar-refractivity contribution in [2.75, 3.05) is 13.2 Å². The van der Waals surface area contributed by atoms with Crippen molar-refractivity contribution in [2.24, 2.45) is 0 Å². The van der Waals surface area contributed by atoms with Crippen molar-refractivity contribution in [2.45, 2.75) is 38.0 Å². The molecule has 1 saturated carbocycles. The van der Waals surface area contributed by atoms with E-state index in [2.05, 4.69) is 4.98 Å². The van der Waals surface area contributed by atoms with E-state index in [1.54, 1.807) is 17.9 Å². The van der Waals surface area contributed by atoms with Gasteiger partial charge in [-0.25, -0.2) is 9.37 Å². The van der Waals surface area contributed by atoms with E-state index in [0.717, 1.165) is 12.8 Å². The van der Waals surface area contributed by atoms with Crippen LogP contribution < -0.4 is 4.74 Å². The van der Waals surface area contributed by atoms with Crippen LogP contribution in [0.2, 0.25) is 0 Å². The third-order valence-corrected chi connectivity index (χ3v) is 4.88. The van der Waals surface area contributed by atoms with Crippen molar-refractivity contribution < 1.29 is 23.1 Å². The van der Waals surface area contributed by atoms with Gasteiger partial charge in [-0.05, 0) is 38.0 Å². The molecule has 0 aromatic carbocycles. The van der Waals surface area contributed by atoms with Crippen LogP contribution >= 0.6 is 0 Å². The second-order valence-electron chi connectivity index (χ2n) is 6.32. The van der Waals surface area contributed by atoms with Gasteiger partial charge in [0.05, 0.1) is 30.6 Å². The van der Waals surface area contributed by atoms with Gasteiger partial charge in [-0.15, -0.1) is 0 Å². The number of aromatic nitrogens is 1. The van der Waals surface area contributed by atoms with Gasteiger partial charge in [-0.3, -0.25) is 4.79 Å². The van der Waals surface area contributed by atoms with Gasteiger partial charge >= 0.3 is 0 Å². The standard InChI is InChI=1S/C18H19FN2O4/c1-11-12(6-9-23-11)18(22)21-8-10-24-15-5-4-14(21)16(15)25-17-13(19)3-2-7-20-17/h2-3,6-7,9,14-16H,4-5,8,10H2,1H3/t14-,15-,16-/m0/s1. The Balaban J connectivity index is 1.61. The number of ether oxygens (including phenoxy) is 2. The van der Waals surface area contributed by atoms with Gasteiger partial charge in [0.25, 0.3) is 11.8 Å². The average molecular weight is 346 g/mol. The molecule has 2 fully saturated rings. The van der Waals surface area contributed by atoms with Crippen LogP contribution in [0.3, 0.4) is 0 Å². The molecule has 2 bridgehead atoms. The lowest BCUT2D eigenvalue weighted by Gasteiger charge is -2.31. The Bertz CT molecular complexity index is 778. The maximum atomic E-state index is 13.9. The van der Waals surface area contributed by atoms with Crippen LogP contribution in [0, 0.1) is 12.7 Å². The molecule has 1 amide bonds. The van der Waals surface area contributed by atoms with Crippen molar-refractivity contribution in [1.29, 1.82) is 0 Å². The topological polar surface area (TPSA) is 64.8 Å². The lowest BCUT2D eigenvalue weighted by Crippen LogP contribution is -2.47. The predicted octanol–water partition coefficient (Wildman–Crippen LogP) is 2.57. The van der Waals surface area contributed by atoms with Crippen LogP contribution in [0.15, 0.2) is 35.1 Å². The maximum absolute atomic E-state index is 13.9.